The highest BCUT2D eigenvalue weighted by Crippen LogP contribution is 2.53. The summed E-state index contributed by atoms with van der Waals surface area (Å²) in [5, 5.41) is 22.3. The SMILES string of the molecule is Nc1ncnc2c1ncn2C1OC2COP(=O)([S-])OC3C(O)C(COP([O-])(=S)OC2C1O)OC3n1cnc2c(N)ncnc21.[NH4+].[NH4+]. The van der Waals surface area contributed by atoms with Crippen LogP contribution in [0, 0.1) is 0 Å². The zero-order chi connectivity index (χ0) is 31.0. The Morgan fingerprint density at radius 1 is 0.826 bits per heavy atom. The summed E-state index contributed by atoms with van der Waals surface area (Å²) < 4.78 is 50.3. The first-order chi connectivity index (χ1) is 20.9. The average Bonchev–Trinajstić information content (AvgIpc) is 3.73. The smallest absolute Gasteiger partial charge is 0.200 e. The molecule has 3 saturated heterocycles. The minimum absolute atomic E-state index is 0. The number of nitrogen functional groups attached to an aromatic ring is 2. The van der Waals surface area contributed by atoms with Gasteiger partial charge in [-0.1, -0.05) is 11.8 Å². The molecule has 0 aliphatic carbocycles. The number of fused-ring (bicyclic) bond motifs is 5. The van der Waals surface area contributed by atoms with E-state index >= 15 is 0 Å². The molecule has 46 heavy (non-hydrogen) atoms. The van der Waals surface area contributed by atoms with Crippen LogP contribution in [0.15, 0.2) is 25.3 Å². The van der Waals surface area contributed by atoms with Crippen LogP contribution in [0.4, 0.5) is 11.6 Å². The number of aliphatic hydroxyl groups is 2. The molecule has 4 aromatic rings. The molecule has 3 aliphatic heterocycles. The second-order valence-corrected chi connectivity index (χ2v) is 15.3. The summed E-state index contributed by atoms with van der Waals surface area (Å²) in [5.74, 6) is 0.174. The summed E-state index contributed by atoms with van der Waals surface area (Å²) in [5.41, 5.74) is 12.7. The topological polar surface area (TPSA) is 348 Å². The van der Waals surface area contributed by atoms with Gasteiger partial charge < -0.3 is 78.7 Å². The van der Waals surface area contributed by atoms with Gasteiger partial charge in [0.25, 0.3) is 0 Å². The third-order valence-electron chi connectivity index (χ3n) is 7.24. The molecule has 0 spiro atoms. The number of quaternary nitrogens is 2. The Labute approximate surface area is 268 Å². The van der Waals surface area contributed by atoms with Gasteiger partial charge in [-0.25, -0.2) is 29.9 Å². The fraction of sp³-hybridized carbons (Fsp3) is 0.500. The Kier molecular flexibility index (Phi) is 9.71. The number of anilines is 2. The number of hydrogen-bond acceptors (Lipinski definition) is 20. The molecule has 0 amide bonds. The number of aromatic nitrogens is 8. The van der Waals surface area contributed by atoms with E-state index in [0.717, 1.165) is 0 Å². The van der Waals surface area contributed by atoms with Crippen molar-refractivity contribution in [3.63, 3.8) is 0 Å². The van der Waals surface area contributed by atoms with Crippen molar-refractivity contribution in [3.05, 3.63) is 25.3 Å². The van der Waals surface area contributed by atoms with E-state index in [0.29, 0.717) is 0 Å². The summed E-state index contributed by atoms with van der Waals surface area (Å²) in [6.45, 7) is -9.98. The molecule has 22 nitrogen and oxygen atoms in total. The fourth-order valence-electron chi connectivity index (χ4n) is 5.21. The second-order valence-electron chi connectivity index (χ2n) is 9.90. The van der Waals surface area contributed by atoms with E-state index in [1.54, 1.807) is 0 Å². The van der Waals surface area contributed by atoms with Gasteiger partial charge in [-0.15, -0.1) is 0 Å². The van der Waals surface area contributed by atoms with E-state index in [2.05, 4.69) is 29.9 Å². The lowest BCUT2D eigenvalue weighted by Crippen LogP contribution is -2.37. The van der Waals surface area contributed by atoms with Crippen molar-refractivity contribution in [2.45, 2.75) is 49.1 Å². The zero-order valence-electron chi connectivity index (χ0n) is 23.9. The lowest BCUT2D eigenvalue weighted by atomic mass is 10.1. The largest absolute Gasteiger partial charge is 0.780 e. The first-order valence-corrected chi connectivity index (χ1v) is 17.8. The molecule has 252 valence electrons. The molecule has 3 aliphatic rings. The van der Waals surface area contributed by atoms with Gasteiger partial charge in [-0.05, 0) is 0 Å². The molecule has 14 N–H and O–H groups in total. The molecule has 7 rings (SSSR count). The molecule has 7 heterocycles. The van der Waals surface area contributed by atoms with E-state index in [1.165, 1.54) is 34.4 Å². The number of nitrogens with two attached hydrogens (primary N) is 2. The number of ether oxygens (including phenoxy) is 2. The highest BCUT2D eigenvalue weighted by molar-refractivity contribution is 8.32. The van der Waals surface area contributed by atoms with Crippen LogP contribution in [-0.2, 0) is 56.2 Å². The predicted molar refractivity (Wildman–Crippen MR) is 162 cm³/mol. The van der Waals surface area contributed by atoms with Crippen molar-refractivity contribution < 1.29 is 47.2 Å². The van der Waals surface area contributed by atoms with Crippen molar-refractivity contribution in [1.29, 1.82) is 0 Å². The molecule has 4 aromatic heterocycles. The van der Waals surface area contributed by atoms with Gasteiger partial charge in [0.15, 0.2) is 35.4 Å². The van der Waals surface area contributed by atoms with Crippen LogP contribution in [0.1, 0.15) is 12.5 Å². The number of nitrogens with zero attached hydrogens (tertiary/aromatic N) is 8. The summed E-state index contributed by atoms with van der Waals surface area (Å²) in [6.07, 6.45) is -5.87. The van der Waals surface area contributed by atoms with Crippen molar-refractivity contribution in [2.75, 3.05) is 24.7 Å². The minimum atomic E-state index is -4.43. The maximum Gasteiger partial charge on any atom is 0.200 e. The third kappa shape index (κ3) is 6.11. The summed E-state index contributed by atoms with van der Waals surface area (Å²) in [7, 11) is 0. The van der Waals surface area contributed by atoms with Crippen LogP contribution in [0.3, 0.4) is 0 Å². The van der Waals surface area contributed by atoms with Gasteiger partial charge >= 0.3 is 0 Å². The number of hydrogen-bond donors (Lipinski definition) is 6. The lowest BCUT2D eigenvalue weighted by Gasteiger charge is -2.34. The van der Waals surface area contributed by atoms with Crippen LogP contribution in [-0.4, -0.2) is 99.1 Å². The Morgan fingerprint density at radius 2 is 1.37 bits per heavy atom. The summed E-state index contributed by atoms with van der Waals surface area (Å²) >= 11 is 10.3. The molecule has 0 aromatic carbocycles. The molecule has 10 unspecified atom stereocenters. The summed E-state index contributed by atoms with van der Waals surface area (Å²) in [4.78, 5) is 37.8. The maximum absolute atomic E-state index is 13.5. The second kappa shape index (κ2) is 12.8. The van der Waals surface area contributed by atoms with Crippen LogP contribution >= 0.6 is 13.5 Å². The molecular weight excluding hydrogens is 694 g/mol. The van der Waals surface area contributed by atoms with Crippen LogP contribution in [0.2, 0.25) is 0 Å². The number of imidazole rings is 2. The maximum atomic E-state index is 13.5. The quantitative estimate of drug-likeness (QED) is 0.108. The average molecular weight is 725 g/mol. The van der Waals surface area contributed by atoms with Gasteiger partial charge in [0.2, 0.25) is 6.80 Å². The first-order valence-electron chi connectivity index (χ1n) is 12.7. The minimum Gasteiger partial charge on any atom is -0.780 e. The predicted octanol–water partition coefficient (Wildman–Crippen LogP) is -0.843. The van der Waals surface area contributed by atoms with Crippen molar-refractivity contribution in [3.8, 4) is 0 Å². The number of rotatable bonds is 2. The number of aliphatic hydroxyl groups excluding tert-OH is 2. The third-order valence-corrected chi connectivity index (χ3v) is 10.3. The van der Waals surface area contributed by atoms with Gasteiger partial charge in [0.1, 0.15) is 67.0 Å². The Morgan fingerprint density at radius 3 is 1.98 bits per heavy atom. The molecule has 0 radical (unpaired) electrons. The molecule has 10 atom stereocenters. The zero-order valence-corrected chi connectivity index (χ0v) is 27.4. The molecule has 0 saturated carbocycles. The van der Waals surface area contributed by atoms with Crippen molar-refractivity contribution in [2.24, 2.45) is 0 Å². The van der Waals surface area contributed by atoms with Gasteiger partial charge in [-0.3, -0.25) is 13.7 Å². The van der Waals surface area contributed by atoms with Crippen LogP contribution < -0.4 is 28.7 Å². The van der Waals surface area contributed by atoms with E-state index < -0.39 is 75.8 Å². The monoisotopic (exact) mass is 724 g/mol. The van der Waals surface area contributed by atoms with E-state index in [-0.39, 0.29) is 46.3 Å². The highest BCUT2D eigenvalue weighted by atomic mass is 32.7. The lowest BCUT2D eigenvalue weighted by molar-refractivity contribution is -0.217. The van der Waals surface area contributed by atoms with E-state index in [4.69, 9.17) is 63.1 Å². The molecular formula is C20H30N12O10P2S2. The fourth-order valence-corrected chi connectivity index (χ4v) is 8.04. The van der Waals surface area contributed by atoms with Gasteiger partial charge in [0.05, 0.1) is 25.9 Å². The van der Waals surface area contributed by atoms with Gasteiger partial charge in [-0.2, -0.15) is 0 Å². The van der Waals surface area contributed by atoms with Crippen LogP contribution in [0.5, 0.6) is 0 Å². The van der Waals surface area contributed by atoms with Crippen molar-refractivity contribution in [1.82, 2.24) is 51.3 Å². The van der Waals surface area contributed by atoms with Gasteiger partial charge in [0, 0.05) is 0 Å². The Hall–Kier alpha value is -2.51. The normalized spacial score (nSPS) is 36.6. The Bertz CT molecular complexity index is 1840. The first kappa shape index (κ1) is 34.8. The van der Waals surface area contributed by atoms with E-state index in [9.17, 15) is 19.7 Å². The molecule has 26 heteroatoms. The standard InChI is InChI=1S/C20H24N10O10P2S2.2H3N/c21-15-9-17(25-3-23-15)29(5-27-9)19-12(32)13-8(38-19)2-36-42(34,44)40-14-11(31)7(1-35-41(33,43)39-13)37-20(14)30-6-28-10-16(22)24-4-26-18(10)30;;/h3-8,11-14,19-20,31-32H,1-2H2,(H,33,43)(H,34,44)(H2,21,23,25)(H2,22,24,26);2*1H3. The summed E-state index contributed by atoms with van der Waals surface area (Å²) in [6, 6.07) is 0. The Balaban J connectivity index is 0.00000208. The van der Waals surface area contributed by atoms with Crippen LogP contribution in [0.25, 0.3) is 22.3 Å². The molecule has 2 bridgehead atoms. The highest BCUT2D eigenvalue weighted by Gasteiger charge is 2.51. The molecule has 3 fully saturated rings. The van der Waals surface area contributed by atoms with E-state index in [1.807, 2.05) is 0 Å². The van der Waals surface area contributed by atoms with Crippen molar-refractivity contribution >= 4 is 71.5 Å².